The van der Waals surface area contributed by atoms with E-state index in [0.717, 1.165) is 11.3 Å². The molecule has 1 N–H and O–H groups in total. The topological polar surface area (TPSA) is 84.0 Å². The molecule has 0 radical (unpaired) electrons. The van der Waals surface area contributed by atoms with Gasteiger partial charge in [-0.3, -0.25) is 15.0 Å². The van der Waals surface area contributed by atoms with Gasteiger partial charge < -0.3 is 14.4 Å². The summed E-state index contributed by atoms with van der Waals surface area (Å²) in [6.07, 6.45) is 1.45. The molecule has 0 unspecified atom stereocenters. The Balaban J connectivity index is 1.40. The maximum atomic E-state index is 13.3. The smallest absolute Gasteiger partial charge is 0.327 e. The predicted octanol–water partition coefficient (Wildman–Crippen LogP) is 4.22. The molecule has 4 rings (SSSR count). The van der Waals surface area contributed by atoms with Crippen LogP contribution >= 0.6 is 11.3 Å². The Morgan fingerprint density at radius 2 is 1.97 bits per heavy atom. The molecule has 32 heavy (non-hydrogen) atoms. The molecule has 8 nitrogen and oxygen atoms in total. The van der Waals surface area contributed by atoms with E-state index in [1.165, 1.54) is 23.2 Å². The second kappa shape index (κ2) is 9.75. The molecule has 1 aliphatic heterocycles. The summed E-state index contributed by atoms with van der Waals surface area (Å²) in [4.78, 5) is 32.7. The zero-order chi connectivity index (χ0) is 22.5. The highest BCUT2D eigenvalue weighted by Crippen LogP contribution is 2.31. The van der Waals surface area contributed by atoms with Crippen LogP contribution in [0.25, 0.3) is 0 Å². The molecule has 1 aromatic heterocycles. The number of aromatic nitrogens is 1. The van der Waals surface area contributed by atoms with Crippen molar-refractivity contribution in [3.05, 3.63) is 66.1 Å². The number of nitrogens with one attached hydrogen (secondary N) is 1. The third kappa shape index (κ3) is 5.21. The molecule has 3 aromatic rings. The molecule has 2 heterocycles. The molecule has 1 aliphatic rings. The Hall–Kier alpha value is -3.50. The third-order valence-corrected chi connectivity index (χ3v) is 5.59. The molecular weight excluding hydrogens is 435 g/mol. The number of benzene rings is 2. The Morgan fingerprint density at radius 3 is 2.75 bits per heavy atom. The summed E-state index contributed by atoms with van der Waals surface area (Å²) in [5.74, 6) is -0.162. The van der Waals surface area contributed by atoms with Crippen LogP contribution in [0.3, 0.4) is 0 Å². The third-order valence-electron chi connectivity index (χ3n) is 4.80. The zero-order valence-electron chi connectivity index (χ0n) is 17.3. The first-order valence-corrected chi connectivity index (χ1v) is 10.7. The zero-order valence-corrected chi connectivity index (χ0v) is 18.1. The van der Waals surface area contributed by atoms with Crippen molar-refractivity contribution in [3.63, 3.8) is 0 Å². The Bertz CT molecular complexity index is 1120. The van der Waals surface area contributed by atoms with Crippen molar-refractivity contribution in [3.8, 4) is 10.8 Å². The van der Waals surface area contributed by atoms with Gasteiger partial charge in [0.15, 0.2) is 5.13 Å². The summed E-state index contributed by atoms with van der Waals surface area (Å²) in [6.45, 7) is 2.13. The van der Waals surface area contributed by atoms with Crippen molar-refractivity contribution < 1.29 is 23.5 Å². The van der Waals surface area contributed by atoms with Crippen LogP contribution in [0.15, 0.2) is 54.7 Å². The van der Waals surface area contributed by atoms with Crippen LogP contribution < -0.4 is 15.0 Å². The molecule has 0 bridgehead atoms. The van der Waals surface area contributed by atoms with Crippen molar-refractivity contribution in [2.75, 3.05) is 43.6 Å². The summed E-state index contributed by atoms with van der Waals surface area (Å²) < 4.78 is 24.2. The minimum atomic E-state index is -0.423. The van der Waals surface area contributed by atoms with E-state index >= 15 is 0 Å². The lowest BCUT2D eigenvalue weighted by Crippen LogP contribution is -2.40. The minimum absolute atomic E-state index is 0.0944. The predicted molar refractivity (Wildman–Crippen MR) is 119 cm³/mol. The van der Waals surface area contributed by atoms with Crippen LogP contribution in [0.5, 0.6) is 10.8 Å². The van der Waals surface area contributed by atoms with Gasteiger partial charge in [-0.2, -0.15) is 0 Å². The molecule has 3 amide bonds. The van der Waals surface area contributed by atoms with Gasteiger partial charge in [0.2, 0.25) is 5.06 Å². The van der Waals surface area contributed by atoms with E-state index in [-0.39, 0.29) is 5.91 Å². The number of hydrogen-bond acceptors (Lipinski definition) is 6. The van der Waals surface area contributed by atoms with E-state index in [9.17, 15) is 14.0 Å². The van der Waals surface area contributed by atoms with Crippen molar-refractivity contribution in [2.24, 2.45) is 0 Å². The fourth-order valence-corrected chi connectivity index (χ4v) is 3.78. The number of amides is 3. The first-order valence-electron chi connectivity index (χ1n) is 9.90. The number of morpholine rings is 1. The summed E-state index contributed by atoms with van der Waals surface area (Å²) in [5, 5.41) is 3.43. The second-order valence-corrected chi connectivity index (χ2v) is 7.98. The second-order valence-electron chi connectivity index (χ2n) is 6.99. The molecule has 1 saturated heterocycles. The van der Waals surface area contributed by atoms with Gasteiger partial charge in [-0.05, 0) is 30.3 Å². The average molecular weight is 456 g/mol. The number of thiazole rings is 1. The quantitative estimate of drug-likeness (QED) is 0.622. The molecule has 0 atom stereocenters. The van der Waals surface area contributed by atoms with Gasteiger partial charge in [-0.15, -0.1) is 0 Å². The summed E-state index contributed by atoms with van der Waals surface area (Å²) >= 11 is 1.11. The van der Waals surface area contributed by atoms with Crippen LogP contribution in [0.4, 0.5) is 20.0 Å². The van der Waals surface area contributed by atoms with E-state index in [1.807, 2.05) is 0 Å². The molecule has 0 spiro atoms. The normalized spacial score (nSPS) is 13.5. The standard InChI is InChI=1S/C22H21FN4O4S/c1-26(17-6-2-4-15(12-17)20(28)27-8-10-30-11-9-27)22(29)25-21-24-14-19(32-21)31-18-7-3-5-16(23)13-18/h2-7,12-14H,8-11H2,1H3,(H,24,25,29). The van der Waals surface area contributed by atoms with Gasteiger partial charge in [-0.25, -0.2) is 14.2 Å². The monoisotopic (exact) mass is 456 g/mol. The molecule has 166 valence electrons. The minimum Gasteiger partial charge on any atom is -0.445 e. The number of rotatable bonds is 5. The van der Waals surface area contributed by atoms with E-state index < -0.39 is 11.8 Å². The van der Waals surface area contributed by atoms with Crippen LogP contribution in [-0.2, 0) is 4.74 Å². The van der Waals surface area contributed by atoms with Gasteiger partial charge in [0.1, 0.15) is 11.6 Å². The summed E-state index contributed by atoms with van der Waals surface area (Å²) in [5.41, 5.74) is 1.07. The van der Waals surface area contributed by atoms with Gasteiger partial charge in [0.25, 0.3) is 5.91 Å². The number of hydrogen-bond donors (Lipinski definition) is 1. The molecule has 10 heteroatoms. The average Bonchev–Trinajstić information content (AvgIpc) is 3.25. The number of nitrogens with zero attached hydrogens (tertiary/aromatic N) is 3. The maximum Gasteiger partial charge on any atom is 0.327 e. The van der Waals surface area contributed by atoms with Crippen LogP contribution in [0, 0.1) is 5.82 Å². The Labute approximate surface area is 188 Å². The van der Waals surface area contributed by atoms with E-state index in [4.69, 9.17) is 9.47 Å². The van der Waals surface area contributed by atoms with Crippen molar-refractivity contribution in [1.29, 1.82) is 0 Å². The Morgan fingerprint density at radius 1 is 1.19 bits per heavy atom. The summed E-state index contributed by atoms with van der Waals surface area (Å²) in [7, 11) is 1.60. The molecule has 1 fully saturated rings. The highest BCUT2D eigenvalue weighted by atomic mass is 32.1. The van der Waals surface area contributed by atoms with Crippen LogP contribution in [-0.4, -0.2) is 55.2 Å². The van der Waals surface area contributed by atoms with E-state index in [2.05, 4.69) is 10.3 Å². The van der Waals surface area contributed by atoms with Gasteiger partial charge in [0, 0.05) is 37.5 Å². The molecular formula is C22H21FN4O4S. The SMILES string of the molecule is CN(C(=O)Nc1ncc(Oc2cccc(F)c2)s1)c1cccc(C(=O)N2CCOCC2)c1. The number of anilines is 2. The molecule has 2 aromatic carbocycles. The van der Waals surface area contributed by atoms with Gasteiger partial charge in [-0.1, -0.05) is 23.5 Å². The van der Waals surface area contributed by atoms with Crippen molar-refractivity contribution in [1.82, 2.24) is 9.88 Å². The van der Waals surface area contributed by atoms with Crippen LogP contribution in [0.1, 0.15) is 10.4 Å². The fourth-order valence-electron chi connectivity index (χ4n) is 3.10. The number of urea groups is 1. The van der Waals surface area contributed by atoms with E-state index in [1.54, 1.807) is 48.3 Å². The number of halogens is 1. The Kier molecular flexibility index (Phi) is 6.62. The maximum absolute atomic E-state index is 13.3. The number of carbonyl (C=O) groups excluding carboxylic acids is 2. The first-order chi connectivity index (χ1) is 15.5. The van der Waals surface area contributed by atoms with E-state index in [0.29, 0.717) is 53.5 Å². The highest BCUT2D eigenvalue weighted by molar-refractivity contribution is 7.17. The lowest BCUT2D eigenvalue weighted by Gasteiger charge is -2.27. The van der Waals surface area contributed by atoms with Crippen LogP contribution in [0.2, 0.25) is 0 Å². The largest absolute Gasteiger partial charge is 0.445 e. The molecule has 0 saturated carbocycles. The lowest BCUT2D eigenvalue weighted by molar-refractivity contribution is 0.0303. The lowest BCUT2D eigenvalue weighted by atomic mass is 10.1. The van der Waals surface area contributed by atoms with Gasteiger partial charge in [0.05, 0.1) is 19.4 Å². The summed E-state index contributed by atoms with van der Waals surface area (Å²) in [6, 6.07) is 12.2. The molecule has 0 aliphatic carbocycles. The first kappa shape index (κ1) is 21.7. The number of carbonyl (C=O) groups is 2. The van der Waals surface area contributed by atoms with Gasteiger partial charge >= 0.3 is 6.03 Å². The fraction of sp³-hybridized carbons (Fsp3) is 0.227. The van der Waals surface area contributed by atoms with Crippen molar-refractivity contribution in [2.45, 2.75) is 0 Å². The number of ether oxygens (including phenoxy) is 2. The van der Waals surface area contributed by atoms with Crippen molar-refractivity contribution >= 4 is 34.1 Å². The highest BCUT2D eigenvalue weighted by Gasteiger charge is 2.20.